The van der Waals surface area contributed by atoms with Gasteiger partial charge in [-0.25, -0.2) is 4.39 Å². The Hall–Kier alpha value is -2.40. The molecule has 3 rings (SSSR count). The van der Waals surface area contributed by atoms with Gasteiger partial charge < -0.3 is 4.74 Å². The van der Waals surface area contributed by atoms with Crippen molar-refractivity contribution >= 4 is 28.9 Å². The summed E-state index contributed by atoms with van der Waals surface area (Å²) >= 11 is 1.21. The summed E-state index contributed by atoms with van der Waals surface area (Å²) in [7, 11) is 0. The number of ether oxygens (including phenoxy) is 1. The molecule has 0 N–H and O–H groups in total. The molecular weight excluding hydrogens is 363 g/mol. The maximum Gasteiger partial charge on any atom is 0.307 e. The number of carbonyl (C=O) groups excluding carboxylic acids is 2. The number of rotatable bonds is 5. The predicted octanol–water partition coefficient (Wildman–Crippen LogP) is 4.78. The average molecular weight is 384 g/mol. The fourth-order valence-corrected chi connectivity index (χ4v) is 4.10. The van der Waals surface area contributed by atoms with Crippen LogP contribution in [0.2, 0.25) is 0 Å². The molecule has 1 aliphatic heterocycles. The van der Waals surface area contributed by atoms with E-state index in [0.29, 0.717) is 12.8 Å². The lowest BCUT2D eigenvalue weighted by Gasteiger charge is -2.25. The molecule has 0 aliphatic carbocycles. The summed E-state index contributed by atoms with van der Waals surface area (Å²) in [6, 6.07) is 14.4. The highest BCUT2D eigenvalue weighted by atomic mass is 32.2. The van der Waals surface area contributed by atoms with Gasteiger partial charge in [0.15, 0.2) is 5.12 Å². The number of hydrogen-bond donors (Lipinski definition) is 0. The van der Waals surface area contributed by atoms with Crippen molar-refractivity contribution in [2.45, 2.75) is 37.5 Å². The molecule has 0 unspecified atom stereocenters. The normalized spacial score (nSPS) is 19.9. The van der Waals surface area contributed by atoms with Crippen molar-refractivity contribution in [1.29, 1.82) is 0 Å². The van der Waals surface area contributed by atoms with Crippen molar-refractivity contribution < 1.29 is 18.7 Å². The third-order valence-electron chi connectivity index (χ3n) is 4.36. The molecule has 5 heteroatoms. The van der Waals surface area contributed by atoms with Crippen LogP contribution in [0.25, 0.3) is 6.08 Å². The molecule has 0 spiro atoms. The van der Waals surface area contributed by atoms with Crippen molar-refractivity contribution in [1.82, 2.24) is 0 Å². The third kappa shape index (κ3) is 5.79. The Labute approximate surface area is 162 Å². The first-order valence-electron chi connectivity index (χ1n) is 8.87. The number of halogens is 1. The molecule has 1 saturated heterocycles. The highest BCUT2D eigenvalue weighted by Crippen LogP contribution is 2.28. The first kappa shape index (κ1) is 19.4. The lowest BCUT2D eigenvalue weighted by molar-refractivity contribution is -0.150. The molecule has 1 fully saturated rings. The Morgan fingerprint density at radius 1 is 1.22 bits per heavy atom. The molecule has 140 valence electrons. The van der Waals surface area contributed by atoms with Crippen LogP contribution < -0.4 is 0 Å². The van der Waals surface area contributed by atoms with Gasteiger partial charge in [-0.3, -0.25) is 9.59 Å². The van der Waals surface area contributed by atoms with E-state index < -0.39 is 0 Å². The van der Waals surface area contributed by atoms with Crippen molar-refractivity contribution in [2.75, 3.05) is 0 Å². The second kappa shape index (κ2) is 9.00. The molecule has 0 aromatic heterocycles. The summed E-state index contributed by atoms with van der Waals surface area (Å²) in [4.78, 5) is 23.1. The summed E-state index contributed by atoms with van der Waals surface area (Å²) in [6.07, 6.45) is 5.10. The van der Waals surface area contributed by atoms with Crippen molar-refractivity contribution in [3.8, 4) is 0 Å². The number of hydrogen-bond acceptors (Lipinski definition) is 4. The number of benzene rings is 2. The maximum absolute atomic E-state index is 13.1. The molecule has 3 nitrogen and oxygen atoms in total. The molecule has 1 aliphatic rings. The zero-order chi connectivity index (χ0) is 19.2. The van der Waals surface area contributed by atoms with E-state index in [0.717, 1.165) is 16.7 Å². The van der Waals surface area contributed by atoms with Crippen LogP contribution in [0.3, 0.4) is 0 Å². The number of cyclic esters (lactones) is 1. The average Bonchev–Trinajstić information content (AvgIpc) is 2.62. The van der Waals surface area contributed by atoms with Crippen molar-refractivity contribution in [3.63, 3.8) is 0 Å². The molecule has 0 bridgehead atoms. The van der Waals surface area contributed by atoms with Gasteiger partial charge in [0.25, 0.3) is 0 Å². The second-order valence-corrected chi connectivity index (χ2v) is 8.04. The predicted molar refractivity (Wildman–Crippen MR) is 106 cm³/mol. The molecule has 2 aromatic rings. The van der Waals surface area contributed by atoms with Crippen LogP contribution in [0, 0.1) is 5.82 Å². The van der Waals surface area contributed by atoms with Crippen LogP contribution in [0.15, 0.2) is 54.6 Å². The lowest BCUT2D eigenvalue weighted by atomic mass is 9.98. The summed E-state index contributed by atoms with van der Waals surface area (Å²) in [5.74, 6) is -0.515. The van der Waals surface area contributed by atoms with Gasteiger partial charge in [-0.2, -0.15) is 0 Å². The Morgan fingerprint density at radius 2 is 1.96 bits per heavy atom. The fourth-order valence-electron chi connectivity index (χ4n) is 3.13. The van der Waals surface area contributed by atoms with Crippen LogP contribution >= 0.6 is 11.8 Å². The standard InChI is InChI=1S/C22H21FO3S/c1-15(24)27-21-13-20(26-22(25)14-21)11-8-17-4-2-3-5-18(17)12-16-6-9-19(23)10-7-16/h2-11,20-21H,12-14H2,1H3/b11-8+/t20-,21-/m1/s1. The van der Waals surface area contributed by atoms with Gasteiger partial charge in [-0.15, -0.1) is 0 Å². The van der Waals surface area contributed by atoms with E-state index >= 15 is 0 Å². The summed E-state index contributed by atoms with van der Waals surface area (Å²) < 4.78 is 18.5. The van der Waals surface area contributed by atoms with E-state index in [4.69, 9.17) is 4.74 Å². The smallest absolute Gasteiger partial charge is 0.307 e. The minimum atomic E-state index is -0.332. The van der Waals surface area contributed by atoms with E-state index in [-0.39, 0.29) is 34.7 Å². The molecule has 27 heavy (non-hydrogen) atoms. The molecule has 0 saturated carbocycles. The zero-order valence-electron chi connectivity index (χ0n) is 15.1. The van der Waals surface area contributed by atoms with Crippen LogP contribution in [-0.4, -0.2) is 22.4 Å². The number of carbonyl (C=O) groups is 2. The minimum absolute atomic E-state index is 0.0158. The van der Waals surface area contributed by atoms with E-state index in [1.54, 1.807) is 12.1 Å². The Bertz CT molecular complexity index is 843. The molecule has 2 aromatic carbocycles. The zero-order valence-corrected chi connectivity index (χ0v) is 15.9. The topological polar surface area (TPSA) is 43.4 Å². The van der Waals surface area contributed by atoms with Gasteiger partial charge in [0.05, 0.1) is 6.42 Å². The maximum atomic E-state index is 13.1. The van der Waals surface area contributed by atoms with Crippen molar-refractivity contribution in [2.24, 2.45) is 0 Å². The highest BCUT2D eigenvalue weighted by molar-refractivity contribution is 8.14. The van der Waals surface area contributed by atoms with Gasteiger partial charge in [-0.1, -0.05) is 54.2 Å². The summed E-state index contributed by atoms with van der Waals surface area (Å²) in [5, 5.41) is -0.0186. The monoisotopic (exact) mass is 384 g/mol. The fraction of sp³-hybridized carbons (Fsp3) is 0.273. The first-order chi connectivity index (χ1) is 13.0. The largest absolute Gasteiger partial charge is 0.458 e. The van der Waals surface area contributed by atoms with E-state index in [1.165, 1.54) is 30.8 Å². The Morgan fingerprint density at radius 3 is 2.70 bits per heavy atom. The van der Waals surface area contributed by atoms with Crippen LogP contribution in [0.4, 0.5) is 4.39 Å². The van der Waals surface area contributed by atoms with Crippen molar-refractivity contribution in [3.05, 3.63) is 77.1 Å². The molecule has 1 heterocycles. The molecule has 0 amide bonds. The van der Waals surface area contributed by atoms with E-state index in [9.17, 15) is 14.0 Å². The first-order valence-corrected chi connectivity index (χ1v) is 9.75. The Balaban J connectivity index is 1.72. The molecule has 2 atom stereocenters. The SMILES string of the molecule is CC(=O)S[C@H]1CC(=O)O[C@H](/C=C/c2ccccc2Cc2ccc(F)cc2)C1. The second-order valence-electron chi connectivity index (χ2n) is 6.56. The number of esters is 1. The van der Waals surface area contributed by atoms with E-state index in [1.807, 2.05) is 36.4 Å². The van der Waals surface area contributed by atoms with E-state index in [2.05, 4.69) is 0 Å². The van der Waals surface area contributed by atoms with Gasteiger partial charge >= 0.3 is 5.97 Å². The quantitative estimate of drug-likeness (QED) is 0.696. The van der Waals surface area contributed by atoms with Gasteiger partial charge in [-0.05, 0) is 41.3 Å². The Kier molecular flexibility index (Phi) is 6.45. The van der Waals surface area contributed by atoms with Crippen LogP contribution in [0.5, 0.6) is 0 Å². The van der Waals surface area contributed by atoms with Crippen LogP contribution in [0.1, 0.15) is 36.5 Å². The lowest BCUT2D eigenvalue weighted by Crippen LogP contribution is -2.30. The van der Waals surface area contributed by atoms with Gasteiger partial charge in [0.2, 0.25) is 0 Å². The summed E-state index contributed by atoms with van der Waals surface area (Å²) in [6.45, 7) is 1.52. The molecule has 0 radical (unpaired) electrons. The summed E-state index contributed by atoms with van der Waals surface area (Å²) in [5.41, 5.74) is 3.16. The highest BCUT2D eigenvalue weighted by Gasteiger charge is 2.28. The van der Waals surface area contributed by atoms with Crippen LogP contribution in [-0.2, 0) is 20.7 Å². The molecular formula is C22H21FO3S. The third-order valence-corrected chi connectivity index (χ3v) is 5.38. The minimum Gasteiger partial charge on any atom is -0.458 e. The van der Waals surface area contributed by atoms with Gasteiger partial charge in [0, 0.05) is 18.6 Å². The van der Waals surface area contributed by atoms with Gasteiger partial charge in [0.1, 0.15) is 11.9 Å². The number of thioether (sulfide) groups is 1.